The molecule has 0 bridgehead atoms. The lowest BCUT2D eigenvalue weighted by molar-refractivity contribution is -0.118. The van der Waals surface area contributed by atoms with Gasteiger partial charge in [0.15, 0.2) is 0 Å². The Bertz CT molecular complexity index is 872. The van der Waals surface area contributed by atoms with Gasteiger partial charge in [-0.05, 0) is 35.7 Å². The van der Waals surface area contributed by atoms with E-state index < -0.39 is 0 Å². The number of benzene rings is 2. The van der Waals surface area contributed by atoms with E-state index in [1.807, 2.05) is 37.3 Å². The molecule has 0 saturated carbocycles. The summed E-state index contributed by atoms with van der Waals surface area (Å²) in [4.78, 5) is 11.3. The number of nitrogens with zero attached hydrogens (tertiary/aromatic N) is 2. The van der Waals surface area contributed by atoms with Crippen molar-refractivity contribution in [3.8, 4) is 11.5 Å². The predicted octanol–water partition coefficient (Wildman–Crippen LogP) is 4.82. The van der Waals surface area contributed by atoms with Crippen LogP contribution in [0.25, 0.3) is 22.2 Å². The maximum absolute atomic E-state index is 11.3. The Hall–Kier alpha value is -2.53. The van der Waals surface area contributed by atoms with Crippen LogP contribution in [0.2, 0.25) is 0 Å². The van der Waals surface area contributed by atoms with Crippen LogP contribution in [0.15, 0.2) is 46.9 Å². The lowest BCUT2D eigenvalue weighted by Gasteiger charge is -2.06. The normalized spacial score (nSPS) is 12.4. The molecule has 0 aliphatic carbocycles. The molecule has 2 aromatic carbocycles. The van der Waals surface area contributed by atoms with Crippen molar-refractivity contribution >= 4 is 16.6 Å². The summed E-state index contributed by atoms with van der Waals surface area (Å²) in [6, 6.07) is 14.0. The van der Waals surface area contributed by atoms with Gasteiger partial charge in [0, 0.05) is 18.4 Å². The third kappa shape index (κ3) is 4.55. The number of nitrogens with two attached hydrogens (primary N) is 1. The average Bonchev–Trinajstić information content (AvgIpc) is 3.17. The molecule has 5 heteroatoms. The minimum Gasteiger partial charge on any atom is -0.419 e. The summed E-state index contributed by atoms with van der Waals surface area (Å²) in [6.07, 6.45) is 4.93. The standard InChI is InChI=1S/C21H25N3O2/c1-2-18(25)10-4-3-5-11-19(22)21-24-23-20(26-21)17-13-12-15-8-6-7-9-16(15)14-17/h6-9,12-14,19H,2-5,10-11,22H2,1H3/t19-/m0/s1. The van der Waals surface area contributed by atoms with Crippen LogP contribution >= 0.6 is 0 Å². The highest BCUT2D eigenvalue weighted by atomic mass is 16.4. The van der Waals surface area contributed by atoms with Crippen LogP contribution in [-0.4, -0.2) is 16.0 Å². The van der Waals surface area contributed by atoms with E-state index >= 15 is 0 Å². The molecule has 0 fully saturated rings. The van der Waals surface area contributed by atoms with Gasteiger partial charge in [0.2, 0.25) is 11.8 Å². The molecule has 1 heterocycles. The molecule has 2 N–H and O–H groups in total. The first-order valence-corrected chi connectivity index (χ1v) is 9.27. The lowest BCUT2D eigenvalue weighted by Crippen LogP contribution is -2.10. The zero-order valence-electron chi connectivity index (χ0n) is 15.1. The van der Waals surface area contributed by atoms with Crippen molar-refractivity contribution in [2.45, 2.75) is 51.5 Å². The Labute approximate surface area is 153 Å². The average molecular weight is 351 g/mol. The van der Waals surface area contributed by atoms with Crippen LogP contribution in [-0.2, 0) is 4.79 Å². The molecule has 0 unspecified atom stereocenters. The van der Waals surface area contributed by atoms with Crippen LogP contribution in [0.3, 0.4) is 0 Å². The number of unbranched alkanes of at least 4 members (excludes halogenated alkanes) is 2. The number of hydrogen-bond donors (Lipinski definition) is 1. The molecular formula is C21H25N3O2. The third-order valence-electron chi connectivity index (χ3n) is 4.62. The molecule has 136 valence electrons. The van der Waals surface area contributed by atoms with E-state index in [9.17, 15) is 4.79 Å². The van der Waals surface area contributed by atoms with Crippen molar-refractivity contribution in [2.24, 2.45) is 5.73 Å². The Morgan fingerprint density at radius 3 is 2.69 bits per heavy atom. The molecule has 0 aliphatic heterocycles. The first-order chi connectivity index (χ1) is 12.7. The van der Waals surface area contributed by atoms with Gasteiger partial charge in [-0.2, -0.15) is 0 Å². The van der Waals surface area contributed by atoms with Crippen molar-refractivity contribution in [1.82, 2.24) is 10.2 Å². The van der Waals surface area contributed by atoms with Crippen molar-refractivity contribution in [3.05, 3.63) is 48.4 Å². The summed E-state index contributed by atoms with van der Waals surface area (Å²) >= 11 is 0. The number of rotatable bonds is 9. The van der Waals surface area contributed by atoms with E-state index in [-0.39, 0.29) is 6.04 Å². The number of hydrogen-bond acceptors (Lipinski definition) is 5. The minimum absolute atomic E-state index is 0.265. The molecule has 0 saturated heterocycles. The highest BCUT2D eigenvalue weighted by Crippen LogP contribution is 2.25. The third-order valence-corrected chi connectivity index (χ3v) is 4.62. The zero-order valence-corrected chi connectivity index (χ0v) is 15.1. The van der Waals surface area contributed by atoms with Crippen LogP contribution in [0.1, 0.15) is 57.4 Å². The largest absolute Gasteiger partial charge is 0.419 e. The van der Waals surface area contributed by atoms with E-state index in [1.165, 1.54) is 5.39 Å². The zero-order chi connectivity index (χ0) is 18.4. The number of carbonyl (C=O) groups is 1. The van der Waals surface area contributed by atoms with Gasteiger partial charge in [-0.1, -0.05) is 50.1 Å². The van der Waals surface area contributed by atoms with Crippen molar-refractivity contribution in [1.29, 1.82) is 0 Å². The molecule has 0 radical (unpaired) electrons. The molecule has 1 atom stereocenters. The Kier molecular flexibility index (Phi) is 6.12. The highest BCUT2D eigenvalue weighted by molar-refractivity contribution is 5.86. The Morgan fingerprint density at radius 2 is 1.88 bits per heavy atom. The first kappa shape index (κ1) is 18.3. The highest BCUT2D eigenvalue weighted by Gasteiger charge is 2.15. The molecule has 3 rings (SSSR count). The van der Waals surface area contributed by atoms with Gasteiger partial charge < -0.3 is 10.2 Å². The van der Waals surface area contributed by atoms with Crippen LogP contribution < -0.4 is 5.73 Å². The van der Waals surface area contributed by atoms with Gasteiger partial charge >= 0.3 is 0 Å². The van der Waals surface area contributed by atoms with Crippen molar-refractivity contribution in [3.63, 3.8) is 0 Å². The second kappa shape index (κ2) is 8.72. The summed E-state index contributed by atoms with van der Waals surface area (Å²) in [5.74, 6) is 1.29. The van der Waals surface area contributed by atoms with E-state index in [2.05, 4.69) is 22.3 Å². The van der Waals surface area contributed by atoms with Crippen molar-refractivity contribution in [2.75, 3.05) is 0 Å². The van der Waals surface area contributed by atoms with Gasteiger partial charge in [0.25, 0.3) is 0 Å². The molecule has 0 amide bonds. The Balaban J connectivity index is 1.57. The second-order valence-electron chi connectivity index (χ2n) is 6.61. The minimum atomic E-state index is -0.265. The van der Waals surface area contributed by atoms with E-state index in [4.69, 9.17) is 10.2 Å². The predicted molar refractivity (Wildman–Crippen MR) is 103 cm³/mol. The number of carbonyl (C=O) groups excluding carboxylic acids is 1. The molecule has 5 nitrogen and oxygen atoms in total. The lowest BCUT2D eigenvalue weighted by atomic mass is 10.1. The number of aromatic nitrogens is 2. The molecule has 0 aliphatic rings. The van der Waals surface area contributed by atoms with Gasteiger partial charge in [-0.15, -0.1) is 10.2 Å². The number of fused-ring (bicyclic) bond motifs is 1. The summed E-state index contributed by atoms with van der Waals surface area (Å²) < 4.78 is 5.79. The van der Waals surface area contributed by atoms with Crippen LogP contribution in [0, 0.1) is 0 Å². The molecule has 1 aromatic heterocycles. The summed E-state index contributed by atoms with van der Waals surface area (Å²) in [7, 11) is 0. The SMILES string of the molecule is CCC(=O)CCCCC[C@H](N)c1nnc(-c2ccc3ccccc3c2)o1. The quantitative estimate of drug-likeness (QED) is 0.559. The topological polar surface area (TPSA) is 82.0 Å². The molecule has 0 spiro atoms. The van der Waals surface area contributed by atoms with E-state index in [1.54, 1.807) is 0 Å². The maximum Gasteiger partial charge on any atom is 0.247 e. The molecule has 3 aromatic rings. The molecular weight excluding hydrogens is 326 g/mol. The number of ketones is 1. The van der Waals surface area contributed by atoms with Gasteiger partial charge in [0.05, 0.1) is 6.04 Å². The summed E-state index contributed by atoms with van der Waals surface area (Å²) in [5, 5.41) is 10.6. The van der Waals surface area contributed by atoms with Gasteiger partial charge in [0.1, 0.15) is 5.78 Å². The second-order valence-corrected chi connectivity index (χ2v) is 6.61. The smallest absolute Gasteiger partial charge is 0.247 e. The number of Topliss-reactive ketones (excluding diaryl/α,β-unsaturated/α-hetero) is 1. The fourth-order valence-corrected chi connectivity index (χ4v) is 2.99. The fourth-order valence-electron chi connectivity index (χ4n) is 2.99. The van der Waals surface area contributed by atoms with Crippen LogP contribution in [0.5, 0.6) is 0 Å². The monoisotopic (exact) mass is 351 g/mol. The molecule has 26 heavy (non-hydrogen) atoms. The van der Waals surface area contributed by atoms with E-state index in [0.717, 1.165) is 36.6 Å². The van der Waals surface area contributed by atoms with Gasteiger partial charge in [-0.25, -0.2) is 0 Å². The van der Waals surface area contributed by atoms with Crippen molar-refractivity contribution < 1.29 is 9.21 Å². The fraction of sp³-hybridized carbons (Fsp3) is 0.381. The first-order valence-electron chi connectivity index (χ1n) is 9.27. The van der Waals surface area contributed by atoms with Gasteiger partial charge in [-0.3, -0.25) is 4.79 Å². The maximum atomic E-state index is 11.3. The van der Waals surface area contributed by atoms with Crippen LogP contribution in [0.4, 0.5) is 0 Å². The summed E-state index contributed by atoms with van der Waals surface area (Å²) in [6.45, 7) is 1.90. The Morgan fingerprint density at radius 1 is 1.08 bits per heavy atom. The van der Waals surface area contributed by atoms with E-state index in [0.29, 0.717) is 30.4 Å². The summed E-state index contributed by atoms with van der Waals surface area (Å²) in [5.41, 5.74) is 7.08.